The summed E-state index contributed by atoms with van der Waals surface area (Å²) in [5, 5.41) is 15.8. The number of nitrogens with one attached hydrogen (secondary N) is 1. The maximum atomic E-state index is 12.1. The number of hydrogen-bond acceptors (Lipinski definition) is 3. The van der Waals surface area contributed by atoms with Crippen LogP contribution in [0.15, 0.2) is 41.1 Å². The average molecular weight is 299 g/mol. The van der Waals surface area contributed by atoms with Crippen LogP contribution in [-0.2, 0) is 6.42 Å². The van der Waals surface area contributed by atoms with Crippen LogP contribution in [0.1, 0.15) is 28.4 Å². The molecule has 0 aliphatic carbocycles. The molecule has 0 spiro atoms. The summed E-state index contributed by atoms with van der Waals surface area (Å²) < 4.78 is 0. The summed E-state index contributed by atoms with van der Waals surface area (Å²) in [6.45, 7) is 1.83. The molecule has 0 aliphatic heterocycles. The summed E-state index contributed by atoms with van der Waals surface area (Å²) in [5.41, 5.74) is 2.64. The molecule has 2 rings (SSSR count). The smallest absolute Gasteiger partial charge is 0.251 e. The van der Waals surface area contributed by atoms with Crippen molar-refractivity contribution in [2.45, 2.75) is 19.4 Å². The number of thiophene rings is 1. The van der Waals surface area contributed by atoms with Crippen molar-refractivity contribution >= 4 is 17.2 Å². The third-order valence-corrected chi connectivity index (χ3v) is 3.69. The van der Waals surface area contributed by atoms with Crippen LogP contribution >= 0.6 is 11.3 Å². The molecule has 0 bridgehead atoms. The largest absolute Gasteiger partial charge is 0.384 e. The summed E-state index contributed by atoms with van der Waals surface area (Å²) >= 11 is 1.66. The fourth-order valence-electron chi connectivity index (χ4n) is 1.97. The molecule has 1 aromatic heterocycles. The maximum absolute atomic E-state index is 12.1. The molecular formula is C17H17NO2S. The maximum Gasteiger partial charge on any atom is 0.251 e. The summed E-state index contributed by atoms with van der Waals surface area (Å²) in [6.07, 6.45) is 0.829. The molecule has 2 N–H and O–H groups in total. The van der Waals surface area contributed by atoms with E-state index in [2.05, 4.69) is 28.6 Å². The second-order valence-corrected chi connectivity index (χ2v) is 5.53. The second-order valence-electron chi connectivity index (χ2n) is 4.75. The van der Waals surface area contributed by atoms with Crippen molar-refractivity contribution in [1.82, 2.24) is 5.32 Å². The Morgan fingerprint density at radius 1 is 1.33 bits per heavy atom. The molecule has 0 saturated carbocycles. The molecule has 1 heterocycles. The fourth-order valence-corrected chi connectivity index (χ4v) is 2.65. The summed E-state index contributed by atoms with van der Waals surface area (Å²) in [5.74, 6) is 5.29. The Balaban J connectivity index is 1.93. The fraction of sp³-hybridized carbons (Fsp3) is 0.235. The molecule has 1 amide bonds. The number of benzene rings is 1. The van der Waals surface area contributed by atoms with Crippen molar-refractivity contribution in [3.8, 4) is 11.8 Å². The predicted molar refractivity (Wildman–Crippen MR) is 85.4 cm³/mol. The number of aliphatic hydroxyl groups excluding tert-OH is 1. The number of hydrogen-bond donors (Lipinski definition) is 2. The number of rotatable bonds is 4. The van der Waals surface area contributed by atoms with Crippen LogP contribution in [0.3, 0.4) is 0 Å². The van der Waals surface area contributed by atoms with Crippen LogP contribution in [0, 0.1) is 11.8 Å². The van der Waals surface area contributed by atoms with E-state index in [1.54, 1.807) is 35.6 Å². The van der Waals surface area contributed by atoms with Crippen molar-refractivity contribution in [3.05, 3.63) is 57.8 Å². The number of carbonyl (C=O) groups excluding carboxylic acids is 1. The van der Waals surface area contributed by atoms with Gasteiger partial charge in [0.2, 0.25) is 0 Å². The summed E-state index contributed by atoms with van der Waals surface area (Å²) in [6, 6.07) is 9.20. The predicted octanol–water partition coefficient (Wildman–Crippen LogP) is 2.45. The molecule has 4 heteroatoms. The lowest BCUT2D eigenvalue weighted by Crippen LogP contribution is -2.33. The van der Waals surface area contributed by atoms with Crippen LogP contribution in [0.2, 0.25) is 0 Å². The van der Waals surface area contributed by atoms with E-state index in [9.17, 15) is 4.79 Å². The van der Waals surface area contributed by atoms with Gasteiger partial charge in [-0.25, -0.2) is 0 Å². The van der Waals surface area contributed by atoms with Gasteiger partial charge in [0.1, 0.15) is 6.61 Å². The Morgan fingerprint density at radius 3 is 2.71 bits per heavy atom. The Labute approximate surface area is 128 Å². The van der Waals surface area contributed by atoms with E-state index in [0.29, 0.717) is 5.56 Å². The van der Waals surface area contributed by atoms with E-state index < -0.39 is 0 Å². The molecule has 2 aromatic rings. The Bertz CT molecular complexity index is 636. The first-order chi connectivity index (χ1) is 10.2. The molecule has 0 saturated heterocycles. The number of carbonyl (C=O) groups is 1. The van der Waals surface area contributed by atoms with E-state index in [0.717, 1.165) is 12.0 Å². The summed E-state index contributed by atoms with van der Waals surface area (Å²) in [4.78, 5) is 12.1. The monoisotopic (exact) mass is 299 g/mol. The van der Waals surface area contributed by atoms with Crippen LogP contribution in [0.25, 0.3) is 0 Å². The van der Waals surface area contributed by atoms with Gasteiger partial charge >= 0.3 is 0 Å². The van der Waals surface area contributed by atoms with Crippen molar-refractivity contribution < 1.29 is 9.90 Å². The van der Waals surface area contributed by atoms with E-state index in [-0.39, 0.29) is 18.6 Å². The zero-order valence-electron chi connectivity index (χ0n) is 11.8. The summed E-state index contributed by atoms with van der Waals surface area (Å²) in [7, 11) is 0. The number of amides is 1. The van der Waals surface area contributed by atoms with Gasteiger partial charge in [0.05, 0.1) is 0 Å². The third kappa shape index (κ3) is 4.75. The topological polar surface area (TPSA) is 49.3 Å². The van der Waals surface area contributed by atoms with Gasteiger partial charge in [-0.3, -0.25) is 4.79 Å². The van der Waals surface area contributed by atoms with Gasteiger partial charge in [-0.1, -0.05) is 11.8 Å². The molecule has 108 valence electrons. The van der Waals surface area contributed by atoms with E-state index in [4.69, 9.17) is 5.11 Å². The second kappa shape index (κ2) is 7.63. The van der Waals surface area contributed by atoms with Gasteiger partial charge in [0, 0.05) is 17.2 Å². The SMILES string of the molecule is CC(Cc1ccsc1)NC(=O)c1ccc(C#CCO)cc1. The normalized spacial score (nSPS) is 11.3. The first-order valence-electron chi connectivity index (χ1n) is 6.71. The van der Waals surface area contributed by atoms with Gasteiger partial charge in [0.25, 0.3) is 5.91 Å². The minimum atomic E-state index is -0.164. The lowest BCUT2D eigenvalue weighted by atomic mass is 10.1. The van der Waals surface area contributed by atoms with Crippen molar-refractivity contribution in [2.75, 3.05) is 6.61 Å². The first-order valence-corrected chi connectivity index (χ1v) is 7.65. The first kappa shape index (κ1) is 15.3. The molecule has 0 aliphatic rings. The molecule has 0 fully saturated rings. The molecule has 1 atom stereocenters. The molecule has 3 nitrogen and oxygen atoms in total. The zero-order chi connectivity index (χ0) is 15.1. The lowest BCUT2D eigenvalue weighted by molar-refractivity contribution is 0.0940. The standard InChI is InChI=1S/C17H17NO2S/c1-13(11-15-8-10-21-12-15)18-17(20)16-6-4-14(5-7-16)3-2-9-19/h4-8,10,12-13,19H,9,11H2,1H3,(H,18,20). The molecular weight excluding hydrogens is 282 g/mol. The Kier molecular flexibility index (Phi) is 5.56. The van der Waals surface area contributed by atoms with Crippen molar-refractivity contribution in [3.63, 3.8) is 0 Å². The van der Waals surface area contributed by atoms with Gasteiger partial charge in [-0.05, 0) is 60.0 Å². The van der Waals surface area contributed by atoms with E-state index >= 15 is 0 Å². The zero-order valence-corrected chi connectivity index (χ0v) is 12.6. The van der Waals surface area contributed by atoms with Crippen LogP contribution < -0.4 is 5.32 Å². The van der Waals surface area contributed by atoms with Gasteiger partial charge in [-0.2, -0.15) is 11.3 Å². The van der Waals surface area contributed by atoms with E-state index in [1.807, 2.05) is 12.3 Å². The number of aliphatic hydroxyl groups is 1. The van der Waals surface area contributed by atoms with E-state index in [1.165, 1.54) is 5.56 Å². The van der Waals surface area contributed by atoms with Gasteiger partial charge in [0.15, 0.2) is 0 Å². The highest BCUT2D eigenvalue weighted by molar-refractivity contribution is 7.07. The lowest BCUT2D eigenvalue weighted by Gasteiger charge is -2.13. The quantitative estimate of drug-likeness (QED) is 0.852. The van der Waals surface area contributed by atoms with Gasteiger partial charge < -0.3 is 10.4 Å². The minimum absolute atomic E-state index is 0.0839. The molecule has 1 aromatic carbocycles. The Hall–Kier alpha value is -2.09. The molecule has 1 unspecified atom stereocenters. The highest BCUT2D eigenvalue weighted by Gasteiger charge is 2.10. The van der Waals surface area contributed by atoms with Crippen LogP contribution in [-0.4, -0.2) is 23.7 Å². The Morgan fingerprint density at radius 2 is 2.10 bits per heavy atom. The van der Waals surface area contributed by atoms with Crippen LogP contribution in [0.4, 0.5) is 0 Å². The minimum Gasteiger partial charge on any atom is -0.384 e. The molecule has 0 radical (unpaired) electrons. The van der Waals surface area contributed by atoms with Crippen LogP contribution in [0.5, 0.6) is 0 Å². The average Bonchev–Trinajstić information content (AvgIpc) is 2.98. The highest BCUT2D eigenvalue weighted by atomic mass is 32.1. The van der Waals surface area contributed by atoms with Gasteiger partial charge in [-0.15, -0.1) is 0 Å². The highest BCUT2D eigenvalue weighted by Crippen LogP contribution is 2.09. The van der Waals surface area contributed by atoms with Crippen molar-refractivity contribution in [1.29, 1.82) is 0 Å². The van der Waals surface area contributed by atoms with Crippen molar-refractivity contribution in [2.24, 2.45) is 0 Å². The molecule has 21 heavy (non-hydrogen) atoms. The third-order valence-electron chi connectivity index (χ3n) is 2.96.